The standard InChI is InChI=1S/C19H28N6O/c1-19(2,3)14-6-8-15(9-7-14)23-18(26)21-11-10-20-17-12-16(25(4)5)13-22-24-17/h6-9,12-13H,10-11H2,1-5H3,(H,20,24)(H2,21,23,26). The molecule has 26 heavy (non-hydrogen) atoms. The van der Waals surface area contributed by atoms with Crippen LogP contribution in [-0.4, -0.2) is 43.4 Å². The fourth-order valence-electron chi connectivity index (χ4n) is 2.28. The Balaban J connectivity index is 1.74. The molecular formula is C19H28N6O. The third-order valence-corrected chi connectivity index (χ3v) is 3.88. The van der Waals surface area contributed by atoms with E-state index in [9.17, 15) is 4.79 Å². The first-order chi connectivity index (χ1) is 12.3. The molecule has 0 aliphatic carbocycles. The van der Waals surface area contributed by atoms with Crippen molar-refractivity contribution in [1.29, 1.82) is 0 Å². The van der Waals surface area contributed by atoms with Gasteiger partial charge in [0.1, 0.15) is 0 Å². The van der Waals surface area contributed by atoms with Gasteiger partial charge in [0.15, 0.2) is 5.82 Å². The molecule has 0 saturated heterocycles. The lowest BCUT2D eigenvalue weighted by atomic mass is 9.87. The summed E-state index contributed by atoms with van der Waals surface area (Å²) in [6, 6.07) is 9.58. The van der Waals surface area contributed by atoms with Gasteiger partial charge in [-0.25, -0.2) is 4.79 Å². The maximum Gasteiger partial charge on any atom is 0.319 e. The third-order valence-electron chi connectivity index (χ3n) is 3.88. The van der Waals surface area contributed by atoms with Gasteiger partial charge in [-0.05, 0) is 23.1 Å². The molecule has 0 fully saturated rings. The van der Waals surface area contributed by atoms with Crippen LogP contribution in [0.4, 0.5) is 22.0 Å². The van der Waals surface area contributed by atoms with Crippen molar-refractivity contribution < 1.29 is 4.79 Å². The fourth-order valence-corrected chi connectivity index (χ4v) is 2.28. The lowest BCUT2D eigenvalue weighted by Crippen LogP contribution is -2.32. The van der Waals surface area contributed by atoms with Gasteiger partial charge in [-0.2, -0.15) is 5.10 Å². The van der Waals surface area contributed by atoms with Crippen LogP contribution in [0.2, 0.25) is 0 Å². The van der Waals surface area contributed by atoms with Gasteiger partial charge in [-0.1, -0.05) is 32.9 Å². The van der Waals surface area contributed by atoms with Crippen molar-refractivity contribution >= 4 is 23.2 Å². The summed E-state index contributed by atoms with van der Waals surface area (Å²) in [4.78, 5) is 13.9. The summed E-state index contributed by atoms with van der Waals surface area (Å²) in [6.45, 7) is 7.51. The zero-order valence-electron chi connectivity index (χ0n) is 16.1. The van der Waals surface area contributed by atoms with Crippen molar-refractivity contribution in [3.63, 3.8) is 0 Å². The summed E-state index contributed by atoms with van der Waals surface area (Å²) in [5, 5.41) is 16.7. The Morgan fingerprint density at radius 2 is 1.81 bits per heavy atom. The number of nitrogens with one attached hydrogen (secondary N) is 3. The first-order valence-corrected chi connectivity index (χ1v) is 8.65. The minimum absolute atomic E-state index is 0.0965. The normalized spacial score (nSPS) is 11.0. The highest BCUT2D eigenvalue weighted by atomic mass is 16.2. The van der Waals surface area contributed by atoms with Gasteiger partial charge >= 0.3 is 6.03 Å². The molecule has 0 atom stereocenters. The molecule has 0 spiro atoms. The third kappa shape index (κ3) is 5.91. The molecule has 0 saturated carbocycles. The maximum atomic E-state index is 12.0. The second-order valence-corrected chi connectivity index (χ2v) is 7.33. The van der Waals surface area contributed by atoms with E-state index >= 15 is 0 Å². The molecule has 0 aliphatic rings. The number of nitrogens with zero attached hydrogens (tertiary/aromatic N) is 3. The summed E-state index contributed by atoms with van der Waals surface area (Å²) in [7, 11) is 3.89. The van der Waals surface area contributed by atoms with Gasteiger partial charge in [-0.15, -0.1) is 5.10 Å². The zero-order valence-corrected chi connectivity index (χ0v) is 16.1. The zero-order chi connectivity index (χ0) is 19.2. The molecule has 2 rings (SSSR count). The van der Waals surface area contributed by atoms with Crippen molar-refractivity contribution in [3.8, 4) is 0 Å². The van der Waals surface area contributed by atoms with Crippen molar-refractivity contribution in [2.75, 3.05) is 42.7 Å². The van der Waals surface area contributed by atoms with E-state index in [1.165, 1.54) is 5.56 Å². The first kappa shape index (κ1) is 19.5. The van der Waals surface area contributed by atoms with Crippen LogP contribution in [0.3, 0.4) is 0 Å². The van der Waals surface area contributed by atoms with Crippen molar-refractivity contribution in [3.05, 3.63) is 42.1 Å². The number of hydrogen-bond acceptors (Lipinski definition) is 5. The lowest BCUT2D eigenvalue weighted by molar-refractivity contribution is 0.252. The van der Waals surface area contributed by atoms with E-state index in [2.05, 4.69) is 46.9 Å². The Morgan fingerprint density at radius 1 is 1.12 bits per heavy atom. The van der Waals surface area contributed by atoms with E-state index < -0.39 is 0 Å². The van der Waals surface area contributed by atoms with E-state index in [1.807, 2.05) is 49.3 Å². The van der Waals surface area contributed by atoms with Crippen LogP contribution in [0.15, 0.2) is 36.5 Å². The van der Waals surface area contributed by atoms with Crippen LogP contribution >= 0.6 is 0 Å². The average molecular weight is 356 g/mol. The highest BCUT2D eigenvalue weighted by molar-refractivity contribution is 5.89. The molecule has 1 aromatic carbocycles. The molecule has 0 aliphatic heterocycles. The molecule has 0 radical (unpaired) electrons. The number of hydrogen-bond donors (Lipinski definition) is 3. The van der Waals surface area contributed by atoms with Crippen molar-refractivity contribution in [1.82, 2.24) is 15.5 Å². The van der Waals surface area contributed by atoms with Crippen LogP contribution in [-0.2, 0) is 5.41 Å². The number of carbonyl (C=O) groups excluding carboxylic acids is 1. The Bertz CT molecular complexity index is 722. The van der Waals surface area contributed by atoms with Crippen LogP contribution in [0.1, 0.15) is 26.3 Å². The topological polar surface area (TPSA) is 82.2 Å². The molecule has 1 aromatic heterocycles. The SMILES string of the molecule is CN(C)c1cnnc(NCCNC(=O)Nc2ccc(C(C)(C)C)cc2)c1. The van der Waals surface area contributed by atoms with Crippen molar-refractivity contribution in [2.45, 2.75) is 26.2 Å². The highest BCUT2D eigenvalue weighted by Gasteiger charge is 2.13. The number of aromatic nitrogens is 2. The highest BCUT2D eigenvalue weighted by Crippen LogP contribution is 2.23. The molecule has 0 bridgehead atoms. The average Bonchev–Trinajstić information content (AvgIpc) is 2.58. The molecule has 3 N–H and O–H groups in total. The summed E-state index contributed by atoms with van der Waals surface area (Å²) < 4.78 is 0. The van der Waals surface area contributed by atoms with E-state index in [0.717, 1.165) is 11.4 Å². The second-order valence-electron chi connectivity index (χ2n) is 7.33. The van der Waals surface area contributed by atoms with E-state index in [4.69, 9.17) is 0 Å². The molecule has 7 nitrogen and oxygen atoms in total. The van der Waals surface area contributed by atoms with Gasteiger partial charge in [0.25, 0.3) is 0 Å². The van der Waals surface area contributed by atoms with Crippen LogP contribution in [0.5, 0.6) is 0 Å². The van der Waals surface area contributed by atoms with E-state index in [-0.39, 0.29) is 11.4 Å². The van der Waals surface area contributed by atoms with Gasteiger partial charge in [-0.3, -0.25) is 0 Å². The van der Waals surface area contributed by atoms with Gasteiger partial charge < -0.3 is 20.9 Å². The number of urea groups is 1. The Morgan fingerprint density at radius 3 is 2.42 bits per heavy atom. The van der Waals surface area contributed by atoms with Crippen LogP contribution in [0, 0.1) is 0 Å². The Kier molecular flexibility index (Phi) is 6.38. The van der Waals surface area contributed by atoms with E-state index in [1.54, 1.807) is 6.20 Å². The predicted molar refractivity (Wildman–Crippen MR) is 107 cm³/mol. The minimum Gasteiger partial charge on any atom is -0.376 e. The summed E-state index contributed by atoms with van der Waals surface area (Å²) in [5.41, 5.74) is 3.06. The predicted octanol–water partition coefficient (Wildman–Crippen LogP) is 3.07. The quantitative estimate of drug-likeness (QED) is 0.693. The minimum atomic E-state index is -0.233. The summed E-state index contributed by atoms with van der Waals surface area (Å²) >= 11 is 0. The second kappa shape index (κ2) is 8.51. The molecular weight excluding hydrogens is 328 g/mol. The Hall–Kier alpha value is -2.83. The summed E-state index contributed by atoms with van der Waals surface area (Å²) in [6.07, 6.45) is 1.70. The molecule has 1 heterocycles. The lowest BCUT2D eigenvalue weighted by Gasteiger charge is -2.19. The first-order valence-electron chi connectivity index (χ1n) is 8.65. The molecule has 2 amide bonds. The number of anilines is 3. The van der Waals surface area contributed by atoms with Gasteiger partial charge in [0, 0.05) is 38.9 Å². The monoisotopic (exact) mass is 356 g/mol. The number of benzene rings is 1. The van der Waals surface area contributed by atoms with Gasteiger partial charge in [0.2, 0.25) is 0 Å². The van der Waals surface area contributed by atoms with Crippen LogP contribution < -0.4 is 20.9 Å². The van der Waals surface area contributed by atoms with Crippen molar-refractivity contribution in [2.24, 2.45) is 0 Å². The smallest absolute Gasteiger partial charge is 0.319 e. The number of amides is 2. The molecule has 7 heteroatoms. The number of carbonyl (C=O) groups is 1. The summed E-state index contributed by atoms with van der Waals surface area (Å²) in [5.74, 6) is 0.677. The van der Waals surface area contributed by atoms with Gasteiger partial charge in [0.05, 0.1) is 11.9 Å². The molecule has 140 valence electrons. The molecule has 2 aromatic rings. The molecule has 0 unspecified atom stereocenters. The largest absolute Gasteiger partial charge is 0.376 e. The van der Waals surface area contributed by atoms with E-state index in [0.29, 0.717) is 18.9 Å². The maximum absolute atomic E-state index is 12.0. The van der Waals surface area contributed by atoms with Crippen LogP contribution in [0.25, 0.3) is 0 Å². The number of rotatable bonds is 6. The fraction of sp³-hybridized carbons (Fsp3) is 0.421. The Labute approximate surface area is 155 Å².